The Morgan fingerprint density at radius 2 is 1.77 bits per heavy atom. The molecule has 2 N–H and O–H groups in total. The van der Waals surface area contributed by atoms with E-state index in [1.165, 1.54) is 5.56 Å². The zero-order valence-corrected chi connectivity index (χ0v) is 13.6. The van der Waals surface area contributed by atoms with Gasteiger partial charge in [0.2, 0.25) is 0 Å². The lowest BCUT2D eigenvalue weighted by Crippen LogP contribution is -2.18. The number of pyridine rings is 1. The third-order valence-electron chi connectivity index (χ3n) is 3.32. The first kappa shape index (κ1) is 16.4. The van der Waals surface area contributed by atoms with E-state index in [4.69, 9.17) is 0 Å². The number of anilines is 1. The Kier molecular flexibility index (Phi) is 6.27. The van der Waals surface area contributed by atoms with Crippen molar-refractivity contribution >= 4 is 5.82 Å². The van der Waals surface area contributed by atoms with Crippen molar-refractivity contribution in [2.75, 3.05) is 18.4 Å². The SMILES string of the molecule is Cc1ccc(NCCCNCc2cnc(C(C)C)nc2)nc1. The smallest absolute Gasteiger partial charge is 0.130 e. The van der Waals surface area contributed by atoms with E-state index in [2.05, 4.69) is 45.5 Å². The van der Waals surface area contributed by atoms with Crippen LogP contribution in [0.15, 0.2) is 30.7 Å². The van der Waals surface area contributed by atoms with Gasteiger partial charge in [0.05, 0.1) is 0 Å². The zero-order chi connectivity index (χ0) is 15.8. The molecule has 0 saturated carbocycles. The number of aromatic nitrogens is 3. The monoisotopic (exact) mass is 299 g/mol. The number of rotatable bonds is 8. The summed E-state index contributed by atoms with van der Waals surface area (Å²) in [5.74, 6) is 2.21. The molecule has 0 aliphatic carbocycles. The molecule has 2 rings (SSSR count). The lowest BCUT2D eigenvalue weighted by molar-refractivity contribution is 0.656. The molecule has 2 aromatic rings. The molecule has 2 aromatic heterocycles. The van der Waals surface area contributed by atoms with Crippen LogP contribution >= 0.6 is 0 Å². The van der Waals surface area contributed by atoms with Crippen LogP contribution in [-0.4, -0.2) is 28.0 Å². The third kappa shape index (κ3) is 5.41. The standard InChI is InChI=1S/C17H25N5/c1-13(2)17-21-11-15(12-22-17)10-18-7-4-8-19-16-6-5-14(3)9-20-16/h5-6,9,11-13,18H,4,7-8,10H2,1-3H3,(H,19,20). The molecule has 22 heavy (non-hydrogen) atoms. The van der Waals surface area contributed by atoms with Gasteiger partial charge in [-0.25, -0.2) is 15.0 Å². The molecular weight excluding hydrogens is 274 g/mol. The van der Waals surface area contributed by atoms with Gasteiger partial charge in [-0.15, -0.1) is 0 Å². The van der Waals surface area contributed by atoms with E-state index < -0.39 is 0 Å². The molecule has 5 nitrogen and oxygen atoms in total. The molecule has 0 atom stereocenters. The molecule has 0 amide bonds. The number of nitrogens with zero attached hydrogens (tertiary/aromatic N) is 3. The minimum absolute atomic E-state index is 0.378. The third-order valence-corrected chi connectivity index (χ3v) is 3.32. The molecule has 0 fully saturated rings. The Balaban J connectivity index is 1.60. The lowest BCUT2D eigenvalue weighted by Gasteiger charge is -2.08. The first-order valence-electron chi connectivity index (χ1n) is 7.83. The fourth-order valence-corrected chi connectivity index (χ4v) is 1.99. The van der Waals surface area contributed by atoms with Crippen molar-refractivity contribution in [1.29, 1.82) is 0 Å². The maximum absolute atomic E-state index is 4.37. The molecule has 118 valence electrons. The van der Waals surface area contributed by atoms with Crippen LogP contribution < -0.4 is 10.6 Å². The molecule has 0 aliphatic heterocycles. The van der Waals surface area contributed by atoms with Crippen molar-refractivity contribution < 1.29 is 0 Å². The number of nitrogens with one attached hydrogen (secondary N) is 2. The maximum Gasteiger partial charge on any atom is 0.130 e. The van der Waals surface area contributed by atoms with Crippen LogP contribution in [0.25, 0.3) is 0 Å². The van der Waals surface area contributed by atoms with E-state index in [0.29, 0.717) is 5.92 Å². The van der Waals surface area contributed by atoms with Gasteiger partial charge in [-0.1, -0.05) is 19.9 Å². The van der Waals surface area contributed by atoms with Crippen LogP contribution in [0.4, 0.5) is 5.82 Å². The van der Waals surface area contributed by atoms with Gasteiger partial charge in [0.15, 0.2) is 0 Å². The molecule has 0 radical (unpaired) electrons. The summed E-state index contributed by atoms with van der Waals surface area (Å²) in [5.41, 5.74) is 2.30. The highest BCUT2D eigenvalue weighted by Crippen LogP contribution is 2.07. The quantitative estimate of drug-likeness (QED) is 0.734. The topological polar surface area (TPSA) is 62.7 Å². The van der Waals surface area contributed by atoms with E-state index in [1.807, 2.05) is 31.6 Å². The Morgan fingerprint density at radius 1 is 1.00 bits per heavy atom. The first-order chi connectivity index (χ1) is 10.6. The van der Waals surface area contributed by atoms with Gasteiger partial charge >= 0.3 is 0 Å². The van der Waals surface area contributed by atoms with E-state index in [-0.39, 0.29) is 0 Å². The van der Waals surface area contributed by atoms with E-state index in [1.54, 1.807) is 0 Å². The molecule has 0 spiro atoms. The predicted molar refractivity (Wildman–Crippen MR) is 89.9 cm³/mol. The predicted octanol–water partition coefficient (Wildman–Crippen LogP) is 2.90. The molecule has 0 aliphatic rings. The molecule has 0 unspecified atom stereocenters. The summed E-state index contributed by atoms with van der Waals surface area (Å²) in [5, 5.41) is 6.72. The summed E-state index contributed by atoms with van der Waals surface area (Å²) in [4.78, 5) is 13.1. The van der Waals surface area contributed by atoms with Crippen molar-refractivity contribution in [3.05, 3.63) is 47.7 Å². The Morgan fingerprint density at radius 3 is 2.41 bits per heavy atom. The molecule has 0 saturated heterocycles. The van der Waals surface area contributed by atoms with Crippen molar-refractivity contribution in [2.45, 2.75) is 39.7 Å². The first-order valence-corrected chi connectivity index (χ1v) is 7.83. The summed E-state index contributed by atoms with van der Waals surface area (Å²) in [7, 11) is 0. The number of aryl methyl sites for hydroxylation is 1. The average Bonchev–Trinajstić information content (AvgIpc) is 2.53. The second-order valence-corrected chi connectivity index (χ2v) is 5.78. The summed E-state index contributed by atoms with van der Waals surface area (Å²) < 4.78 is 0. The van der Waals surface area contributed by atoms with Gasteiger partial charge in [-0.2, -0.15) is 0 Å². The fourth-order valence-electron chi connectivity index (χ4n) is 1.99. The van der Waals surface area contributed by atoms with Gasteiger partial charge < -0.3 is 10.6 Å². The van der Waals surface area contributed by atoms with Gasteiger partial charge in [0.1, 0.15) is 11.6 Å². The summed E-state index contributed by atoms with van der Waals surface area (Å²) in [6, 6.07) is 4.07. The van der Waals surface area contributed by atoms with Crippen molar-refractivity contribution in [3.63, 3.8) is 0 Å². The Hall–Kier alpha value is -2.01. The second kappa shape index (κ2) is 8.44. The second-order valence-electron chi connectivity index (χ2n) is 5.78. The largest absolute Gasteiger partial charge is 0.370 e. The van der Waals surface area contributed by atoms with Crippen LogP contribution in [0, 0.1) is 6.92 Å². The minimum Gasteiger partial charge on any atom is -0.370 e. The maximum atomic E-state index is 4.37. The molecule has 0 aromatic carbocycles. The highest BCUT2D eigenvalue weighted by Gasteiger charge is 2.01. The van der Waals surface area contributed by atoms with Crippen LogP contribution in [0.5, 0.6) is 0 Å². The van der Waals surface area contributed by atoms with E-state index in [0.717, 1.165) is 43.3 Å². The van der Waals surface area contributed by atoms with E-state index >= 15 is 0 Å². The molecule has 5 heteroatoms. The van der Waals surface area contributed by atoms with Crippen molar-refractivity contribution in [3.8, 4) is 0 Å². The van der Waals surface area contributed by atoms with Crippen LogP contribution in [-0.2, 0) is 6.54 Å². The highest BCUT2D eigenvalue weighted by molar-refractivity contribution is 5.34. The van der Waals surface area contributed by atoms with Crippen molar-refractivity contribution in [1.82, 2.24) is 20.3 Å². The van der Waals surface area contributed by atoms with Gasteiger partial charge in [0, 0.05) is 43.2 Å². The lowest BCUT2D eigenvalue weighted by atomic mass is 10.2. The van der Waals surface area contributed by atoms with E-state index in [9.17, 15) is 0 Å². The highest BCUT2D eigenvalue weighted by atomic mass is 15.0. The summed E-state index contributed by atoms with van der Waals surface area (Å²) in [6.07, 6.45) is 6.73. The van der Waals surface area contributed by atoms with Gasteiger partial charge in [0.25, 0.3) is 0 Å². The summed E-state index contributed by atoms with van der Waals surface area (Å²) in [6.45, 7) is 8.90. The fraction of sp³-hybridized carbons (Fsp3) is 0.471. The average molecular weight is 299 g/mol. The number of hydrogen-bond acceptors (Lipinski definition) is 5. The van der Waals surface area contributed by atoms with Crippen molar-refractivity contribution in [2.24, 2.45) is 0 Å². The minimum atomic E-state index is 0.378. The van der Waals surface area contributed by atoms with Gasteiger partial charge in [-0.05, 0) is 31.5 Å². The number of hydrogen-bond donors (Lipinski definition) is 2. The Bertz CT molecular complexity index is 548. The summed E-state index contributed by atoms with van der Waals surface area (Å²) >= 11 is 0. The molecule has 0 bridgehead atoms. The normalized spacial score (nSPS) is 10.9. The van der Waals surface area contributed by atoms with Crippen LogP contribution in [0.1, 0.15) is 43.1 Å². The van der Waals surface area contributed by atoms with Gasteiger partial charge in [-0.3, -0.25) is 0 Å². The van der Waals surface area contributed by atoms with Crippen LogP contribution in [0.2, 0.25) is 0 Å². The zero-order valence-electron chi connectivity index (χ0n) is 13.6. The Labute approximate surface area is 132 Å². The molecule has 2 heterocycles. The molecular formula is C17H25N5. The van der Waals surface area contributed by atoms with Crippen LogP contribution in [0.3, 0.4) is 0 Å².